The van der Waals surface area contributed by atoms with Crippen molar-refractivity contribution in [2.45, 2.75) is 19.4 Å². The molecular weight excluding hydrogens is 207 g/mol. The Hall–Kier alpha value is -1.61. The topological polar surface area (TPSA) is 33.4 Å². The molecule has 1 atom stereocenters. The van der Waals surface area contributed by atoms with Crippen LogP contribution in [0.15, 0.2) is 41.2 Å². The van der Waals surface area contributed by atoms with Gasteiger partial charge in [-0.25, -0.2) is 4.39 Å². The smallest absolute Gasteiger partial charge is 0.123 e. The second-order valence-electron chi connectivity index (χ2n) is 3.85. The molecule has 3 heteroatoms. The van der Waals surface area contributed by atoms with Crippen LogP contribution in [0.5, 0.6) is 0 Å². The summed E-state index contributed by atoms with van der Waals surface area (Å²) in [7, 11) is 0. The monoisotopic (exact) mass is 220 g/mol. The first kappa shape index (κ1) is 10.9. The normalized spacial score (nSPS) is 12.7. The van der Waals surface area contributed by atoms with E-state index in [1.807, 2.05) is 6.92 Å². The van der Waals surface area contributed by atoms with Gasteiger partial charge >= 0.3 is 0 Å². The highest BCUT2D eigenvalue weighted by atomic mass is 19.1. The van der Waals surface area contributed by atoms with Gasteiger partial charge in [-0.3, -0.25) is 0 Å². The van der Waals surface area contributed by atoms with Crippen molar-refractivity contribution >= 4 is 0 Å². The van der Waals surface area contributed by atoms with E-state index in [4.69, 9.17) is 4.42 Å². The van der Waals surface area contributed by atoms with Crippen LogP contribution in [-0.4, -0.2) is 5.11 Å². The maximum Gasteiger partial charge on any atom is 0.123 e. The number of furan rings is 1. The van der Waals surface area contributed by atoms with Crippen LogP contribution in [0.25, 0.3) is 0 Å². The molecule has 0 aliphatic heterocycles. The van der Waals surface area contributed by atoms with Gasteiger partial charge in [-0.15, -0.1) is 0 Å². The van der Waals surface area contributed by atoms with Crippen LogP contribution in [0.4, 0.5) is 4.39 Å². The van der Waals surface area contributed by atoms with Crippen molar-refractivity contribution in [3.05, 3.63) is 59.3 Å². The Labute approximate surface area is 93.3 Å². The molecule has 0 saturated carbocycles. The van der Waals surface area contributed by atoms with Crippen molar-refractivity contribution in [3.8, 4) is 0 Å². The molecule has 2 nitrogen and oxygen atoms in total. The van der Waals surface area contributed by atoms with Crippen molar-refractivity contribution < 1.29 is 13.9 Å². The first-order valence-corrected chi connectivity index (χ1v) is 5.12. The van der Waals surface area contributed by atoms with Crippen molar-refractivity contribution in [1.82, 2.24) is 0 Å². The zero-order valence-electron chi connectivity index (χ0n) is 8.98. The molecule has 0 saturated heterocycles. The lowest BCUT2D eigenvalue weighted by molar-refractivity contribution is 0.177. The number of hydrogen-bond donors (Lipinski definition) is 1. The lowest BCUT2D eigenvalue weighted by Crippen LogP contribution is -2.02. The Balaban J connectivity index is 2.17. The van der Waals surface area contributed by atoms with Gasteiger partial charge in [-0.2, -0.15) is 0 Å². The van der Waals surface area contributed by atoms with Gasteiger partial charge in [0.25, 0.3) is 0 Å². The summed E-state index contributed by atoms with van der Waals surface area (Å²) in [6.07, 6.45) is 2.75. The van der Waals surface area contributed by atoms with Gasteiger partial charge in [0, 0.05) is 12.0 Å². The van der Waals surface area contributed by atoms with E-state index >= 15 is 0 Å². The van der Waals surface area contributed by atoms with Crippen LogP contribution in [0.2, 0.25) is 0 Å². The summed E-state index contributed by atoms with van der Waals surface area (Å²) in [5, 5.41) is 9.90. The predicted octanol–water partition coefficient (Wildman–Crippen LogP) is 3.00. The van der Waals surface area contributed by atoms with E-state index in [9.17, 15) is 9.50 Å². The van der Waals surface area contributed by atoms with Crippen LogP contribution in [0, 0.1) is 12.7 Å². The molecule has 1 aromatic heterocycles. The van der Waals surface area contributed by atoms with E-state index in [1.165, 1.54) is 24.7 Å². The number of halogens is 1. The Kier molecular flexibility index (Phi) is 3.06. The van der Waals surface area contributed by atoms with E-state index in [0.29, 0.717) is 12.0 Å². The Morgan fingerprint density at radius 1 is 1.38 bits per heavy atom. The molecule has 2 aromatic rings. The van der Waals surface area contributed by atoms with Crippen molar-refractivity contribution in [1.29, 1.82) is 0 Å². The number of benzene rings is 1. The average Bonchev–Trinajstić information content (AvgIpc) is 2.76. The minimum absolute atomic E-state index is 0.278. The first-order valence-electron chi connectivity index (χ1n) is 5.12. The number of rotatable bonds is 3. The molecule has 16 heavy (non-hydrogen) atoms. The van der Waals surface area contributed by atoms with Gasteiger partial charge < -0.3 is 9.52 Å². The van der Waals surface area contributed by atoms with Crippen LogP contribution in [-0.2, 0) is 6.42 Å². The van der Waals surface area contributed by atoms with E-state index in [-0.39, 0.29) is 5.82 Å². The summed E-state index contributed by atoms with van der Waals surface area (Å²) in [6, 6.07) is 6.30. The lowest BCUT2D eigenvalue weighted by Gasteiger charge is -2.10. The van der Waals surface area contributed by atoms with Crippen molar-refractivity contribution in [2.75, 3.05) is 0 Å². The highest BCUT2D eigenvalue weighted by Gasteiger charge is 2.11. The largest absolute Gasteiger partial charge is 0.472 e. The second kappa shape index (κ2) is 4.49. The van der Waals surface area contributed by atoms with Crippen LogP contribution < -0.4 is 0 Å². The predicted molar refractivity (Wildman–Crippen MR) is 58.5 cm³/mol. The van der Waals surface area contributed by atoms with Crippen molar-refractivity contribution in [3.63, 3.8) is 0 Å². The fourth-order valence-corrected chi connectivity index (χ4v) is 1.65. The SMILES string of the molecule is Cc1ccc(F)cc1CC(O)c1ccoc1. The summed E-state index contributed by atoms with van der Waals surface area (Å²) >= 11 is 0. The number of aryl methyl sites for hydroxylation is 1. The molecule has 1 aromatic carbocycles. The molecule has 1 heterocycles. The third kappa shape index (κ3) is 2.31. The number of aliphatic hydroxyl groups excluding tert-OH is 1. The zero-order chi connectivity index (χ0) is 11.5. The van der Waals surface area contributed by atoms with Gasteiger partial charge in [0.2, 0.25) is 0 Å². The maximum absolute atomic E-state index is 13.0. The summed E-state index contributed by atoms with van der Waals surface area (Å²) in [5.41, 5.74) is 2.50. The Morgan fingerprint density at radius 3 is 2.88 bits per heavy atom. The second-order valence-corrected chi connectivity index (χ2v) is 3.85. The first-order chi connectivity index (χ1) is 7.66. The molecule has 0 amide bonds. The molecule has 84 valence electrons. The lowest BCUT2D eigenvalue weighted by atomic mass is 10.00. The highest BCUT2D eigenvalue weighted by Crippen LogP contribution is 2.21. The molecule has 2 rings (SSSR count). The quantitative estimate of drug-likeness (QED) is 0.862. The number of aliphatic hydroxyl groups is 1. The molecule has 0 bridgehead atoms. The summed E-state index contributed by atoms with van der Waals surface area (Å²) < 4.78 is 17.9. The fraction of sp³-hybridized carbons (Fsp3) is 0.231. The summed E-state index contributed by atoms with van der Waals surface area (Å²) in [4.78, 5) is 0. The van der Waals surface area contributed by atoms with E-state index in [1.54, 1.807) is 12.1 Å². The molecule has 1 N–H and O–H groups in total. The van der Waals surface area contributed by atoms with Gasteiger partial charge in [0.1, 0.15) is 5.82 Å². The van der Waals surface area contributed by atoms with Crippen molar-refractivity contribution in [2.24, 2.45) is 0 Å². The van der Waals surface area contributed by atoms with Crippen LogP contribution in [0.3, 0.4) is 0 Å². The third-order valence-electron chi connectivity index (χ3n) is 2.65. The van der Waals surface area contributed by atoms with E-state index in [2.05, 4.69) is 0 Å². The standard InChI is InChI=1S/C13H13FO2/c1-9-2-3-12(14)6-11(9)7-13(15)10-4-5-16-8-10/h2-6,8,13,15H,7H2,1H3. The van der Waals surface area contributed by atoms with Gasteiger partial charge in [-0.05, 0) is 36.2 Å². The van der Waals surface area contributed by atoms with Crippen LogP contribution in [0.1, 0.15) is 22.8 Å². The van der Waals surface area contributed by atoms with E-state index < -0.39 is 6.10 Å². The molecular formula is C13H13FO2. The maximum atomic E-state index is 13.0. The molecule has 0 spiro atoms. The molecule has 0 aliphatic rings. The Morgan fingerprint density at radius 2 is 2.19 bits per heavy atom. The molecule has 0 fully saturated rings. The van der Waals surface area contributed by atoms with Gasteiger partial charge in [-0.1, -0.05) is 6.07 Å². The average molecular weight is 220 g/mol. The Bertz CT molecular complexity index is 463. The zero-order valence-corrected chi connectivity index (χ0v) is 8.98. The van der Waals surface area contributed by atoms with Gasteiger partial charge in [0.05, 0.1) is 18.6 Å². The highest BCUT2D eigenvalue weighted by molar-refractivity contribution is 5.28. The third-order valence-corrected chi connectivity index (χ3v) is 2.65. The molecule has 1 unspecified atom stereocenters. The fourth-order valence-electron chi connectivity index (χ4n) is 1.65. The minimum Gasteiger partial charge on any atom is -0.472 e. The molecule has 0 aliphatic carbocycles. The summed E-state index contributed by atoms with van der Waals surface area (Å²) in [5.74, 6) is -0.278. The minimum atomic E-state index is -0.653. The van der Waals surface area contributed by atoms with Crippen LogP contribution >= 0.6 is 0 Å². The molecule has 0 radical (unpaired) electrons. The van der Waals surface area contributed by atoms with E-state index in [0.717, 1.165) is 11.1 Å². The van der Waals surface area contributed by atoms with Gasteiger partial charge in [0.15, 0.2) is 0 Å². The number of hydrogen-bond acceptors (Lipinski definition) is 2. The summed E-state index contributed by atoms with van der Waals surface area (Å²) in [6.45, 7) is 1.90.